The molecule has 0 radical (unpaired) electrons. The topological polar surface area (TPSA) is 33.0 Å². The Morgan fingerprint density at radius 2 is 2.27 bits per heavy atom. The molecular weight excluding hydrogens is 261 g/mol. The molecule has 0 aliphatic rings. The summed E-state index contributed by atoms with van der Waals surface area (Å²) in [6.45, 7) is 1.69. The highest BCUT2D eigenvalue weighted by molar-refractivity contribution is 9.10. The van der Waals surface area contributed by atoms with Crippen molar-refractivity contribution in [2.45, 2.75) is 19.8 Å². The normalized spacial score (nSPS) is 9.80. The van der Waals surface area contributed by atoms with Gasteiger partial charge in [0.15, 0.2) is 0 Å². The van der Waals surface area contributed by atoms with E-state index in [1.165, 1.54) is 7.11 Å². The smallest absolute Gasteiger partial charge is 0.139 e. The van der Waals surface area contributed by atoms with Crippen LogP contribution in [0.2, 0.25) is 0 Å². The van der Waals surface area contributed by atoms with Gasteiger partial charge in [0.1, 0.15) is 11.6 Å². The van der Waals surface area contributed by atoms with E-state index >= 15 is 0 Å². The fourth-order valence-corrected chi connectivity index (χ4v) is 2.17. The van der Waals surface area contributed by atoms with Gasteiger partial charge in [-0.3, -0.25) is 0 Å². The van der Waals surface area contributed by atoms with Crippen molar-refractivity contribution in [1.29, 1.82) is 5.26 Å². The van der Waals surface area contributed by atoms with Crippen LogP contribution in [-0.4, -0.2) is 7.11 Å². The molecule has 15 heavy (non-hydrogen) atoms. The lowest BCUT2D eigenvalue weighted by Crippen LogP contribution is -1.99. The highest BCUT2D eigenvalue weighted by Gasteiger charge is 2.15. The van der Waals surface area contributed by atoms with E-state index in [1.54, 1.807) is 13.0 Å². The first-order chi connectivity index (χ1) is 7.11. The van der Waals surface area contributed by atoms with E-state index in [4.69, 9.17) is 10.00 Å². The summed E-state index contributed by atoms with van der Waals surface area (Å²) in [6.07, 6.45) is 0.648. The molecule has 0 unspecified atom stereocenters. The highest BCUT2D eigenvalue weighted by Crippen LogP contribution is 2.33. The Bertz CT molecular complexity index is 412. The molecule has 1 rings (SSSR count). The third-order valence-corrected chi connectivity index (χ3v) is 2.73. The van der Waals surface area contributed by atoms with Gasteiger partial charge < -0.3 is 4.74 Å². The van der Waals surface area contributed by atoms with E-state index in [0.717, 1.165) is 4.47 Å². The number of hydrogen-bond donors (Lipinski definition) is 0. The average Bonchev–Trinajstić information content (AvgIpc) is 2.21. The zero-order valence-electron chi connectivity index (χ0n) is 8.60. The lowest BCUT2D eigenvalue weighted by molar-refractivity contribution is 0.401. The van der Waals surface area contributed by atoms with Crippen molar-refractivity contribution < 1.29 is 9.13 Å². The number of rotatable bonds is 3. The molecule has 1 aromatic rings. The molecule has 0 saturated heterocycles. The van der Waals surface area contributed by atoms with Crippen molar-refractivity contribution >= 4 is 15.9 Å². The van der Waals surface area contributed by atoms with Gasteiger partial charge in [0.2, 0.25) is 0 Å². The summed E-state index contributed by atoms with van der Waals surface area (Å²) >= 11 is 3.31. The first-order valence-electron chi connectivity index (χ1n) is 4.50. The average molecular weight is 272 g/mol. The van der Waals surface area contributed by atoms with E-state index in [2.05, 4.69) is 15.9 Å². The highest BCUT2D eigenvalue weighted by atomic mass is 79.9. The van der Waals surface area contributed by atoms with Gasteiger partial charge >= 0.3 is 0 Å². The van der Waals surface area contributed by atoms with Gasteiger partial charge in [-0.25, -0.2) is 4.39 Å². The van der Waals surface area contributed by atoms with Gasteiger partial charge in [-0.05, 0) is 40.9 Å². The lowest BCUT2D eigenvalue weighted by Gasteiger charge is -2.12. The zero-order valence-corrected chi connectivity index (χ0v) is 10.2. The fraction of sp³-hybridized carbons (Fsp3) is 0.364. The number of hydrogen-bond acceptors (Lipinski definition) is 2. The fourth-order valence-electron chi connectivity index (χ4n) is 1.43. The third kappa shape index (κ3) is 2.48. The van der Waals surface area contributed by atoms with Crippen LogP contribution in [0.15, 0.2) is 10.5 Å². The van der Waals surface area contributed by atoms with E-state index in [0.29, 0.717) is 23.3 Å². The molecule has 0 spiro atoms. The summed E-state index contributed by atoms with van der Waals surface area (Å²) in [5.41, 5.74) is 1.02. The Labute approximate surface area is 96.8 Å². The number of nitriles is 1. The molecule has 80 valence electrons. The van der Waals surface area contributed by atoms with Crippen LogP contribution in [0.1, 0.15) is 17.5 Å². The molecule has 0 atom stereocenters. The third-order valence-electron chi connectivity index (χ3n) is 2.14. The van der Waals surface area contributed by atoms with Crippen molar-refractivity contribution in [2.75, 3.05) is 7.11 Å². The molecule has 0 saturated carbocycles. The molecule has 0 fully saturated rings. The van der Waals surface area contributed by atoms with Crippen LogP contribution in [0.5, 0.6) is 5.75 Å². The Morgan fingerprint density at radius 1 is 1.60 bits per heavy atom. The Kier molecular flexibility index (Phi) is 4.10. The molecular formula is C11H11BrFNO. The van der Waals surface area contributed by atoms with Gasteiger partial charge in [-0.1, -0.05) is 0 Å². The summed E-state index contributed by atoms with van der Waals surface area (Å²) in [5, 5.41) is 8.50. The van der Waals surface area contributed by atoms with Crippen LogP contribution in [-0.2, 0) is 6.42 Å². The number of ether oxygens (including phenoxy) is 1. The number of halogens is 2. The molecule has 0 aromatic heterocycles. The Balaban J connectivity index is 3.25. The SMILES string of the molecule is COc1c(Br)cc(C)c(F)c1CCC#N. The van der Waals surface area contributed by atoms with E-state index in [9.17, 15) is 4.39 Å². The summed E-state index contributed by atoms with van der Waals surface area (Å²) < 4.78 is 19.6. The quantitative estimate of drug-likeness (QED) is 0.845. The van der Waals surface area contributed by atoms with Crippen molar-refractivity contribution in [2.24, 2.45) is 0 Å². The number of nitrogens with zero attached hydrogens (tertiary/aromatic N) is 1. The zero-order chi connectivity index (χ0) is 11.4. The molecule has 0 amide bonds. The summed E-state index contributed by atoms with van der Waals surface area (Å²) in [5.74, 6) is 0.193. The number of aryl methyl sites for hydroxylation is 1. The second kappa shape index (κ2) is 5.13. The maximum Gasteiger partial charge on any atom is 0.139 e. The first-order valence-corrected chi connectivity index (χ1v) is 5.29. The minimum Gasteiger partial charge on any atom is -0.495 e. The second-order valence-corrected chi connectivity index (χ2v) is 4.01. The number of benzene rings is 1. The van der Waals surface area contributed by atoms with Gasteiger partial charge in [0.25, 0.3) is 0 Å². The molecule has 0 aliphatic carbocycles. The largest absolute Gasteiger partial charge is 0.495 e. The van der Waals surface area contributed by atoms with Crippen LogP contribution in [0.4, 0.5) is 4.39 Å². The van der Waals surface area contributed by atoms with Crippen molar-refractivity contribution in [1.82, 2.24) is 0 Å². The molecule has 0 aliphatic heterocycles. The van der Waals surface area contributed by atoms with Gasteiger partial charge in [-0.2, -0.15) is 5.26 Å². The molecule has 4 heteroatoms. The predicted molar refractivity (Wildman–Crippen MR) is 59.3 cm³/mol. The lowest BCUT2D eigenvalue weighted by atomic mass is 10.0. The summed E-state index contributed by atoms with van der Waals surface area (Å²) in [6, 6.07) is 3.67. The minimum absolute atomic E-state index is 0.281. The minimum atomic E-state index is -0.287. The van der Waals surface area contributed by atoms with E-state index in [-0.39, 0.29) is 12.2 Å². The predicted octanol–water partition coefficient (Wildman–Crippen LogP) is 3.36. The van der Waals surface area contributed by atoms with E-state index < -0.39 is 0 Å². The number of methoxy groups -OCH3 is 1. The van der Waals surface area contributed by atoms with Crippen LogP contribution in [0.3, 0.4) is 0 Å². The monoisotopic (exact) mass is 271 g/mol. The van der Waals surface area contributed by atoms with Crippen LogP contribution in [0.25, 0.3) is 0 Å². The van der Waals surface area contributed by atoms with Gasteiger partial charge in [0.05, 0.1) is 17.7 Å². The summed E-state index contributed by atoms with van der Waals surface area (Å²) in [7, 11) is 1.49. The van der Waals surface area contributed by atoms with Crippen LogP contribution in [0, 0.1) is 24.1 Å². The molecule has 1 aromatic carbocycles. The van der Waals surface area contributed by atoms with E-state index in [1.807, 2.05) is 6.07 Å². The molecule has 0 N–H and O–H groups in total. The molecule has 0 heterocycles. The van der Waals surface area contributed by atoms with Gasteiger partial charge in [-0.15, -0.1) is 0 Å². The molecule has 2 nitrogen and oxygen atoms in total. The van der Waals surface area contributed by atoms with Crippen LogP contribution >= 0.6 is 15.9 Å². The van der Waals surface area contributed by atoms with Gasteiger partial charge in [0, 0.05) is 12.0 Å². The maximum absolute atomic E-state index is 13.7. The molecule has 0 bridgehead atoms. The van der Waals surface area contributed by atoms with Crippen LogP contribution < -0.4 is 4.74 Å². The Morgan fingerprint density at radius 3 is 2.80 bits per heavy atom. The Hall–Kier alpha value is -1.08. The second-order valence-electron chi connectivity index (χ2n) is 3.16. The maximum atomic E-state index is 13.7. The first kappa shape index (κ1) is 12.0. The van der Waals surface area contributed by atoms with Crippen molar-refractivity contribution in [3.05, 3.63) is 27.5 Å². The summed E-state index contributed by atoms with van der Waals surface area (Å²) in [4.78, 5) is 0. The standard InChI is InChI=1S/C11H11BrFNO/c1-7-6-9(12)11(15-2)8(10(7)13)4-3-5-14/h6H,3-4H2,1-2H3. The van der Waals surface area contributed by atoms with Crippen molar-refractivity contribution in [3.63, 3.8) is 0 Å². The van der Waals surface area contributed by atoms with Crippen molar-refractivity contribution in [3.8, 4) is 11.8 Å².